The Bertz CT molecular complexity index is 3400. The van der Waals surface area contributed by atoms with Crippen molar-refractivity contribution in [3.8, 4) is 28.7 Å². The number of hydrogen-bond donors (Lipinski definition) is 4. The third kappa shape index (κ3) is 16.1. The number of aromatic nitrogens is 1. The van der Waals surface area contributed by atoms with E-state index in [0.717, 1.165) is 68.6 Å². The molecule has 3 amide bonds. The number of phenols is 1. The SMILES string of the molecule is O=C1c2ccc(Br)cc2OCCN1C[C@H](O)CN1CCc2ccccc2C1.O=C1c2ccc(O)cc2OCCN1C[C@H](O)CN1CCc2ccccc2C1.O=C1c2ccc(OCc3cccnc3)cc2OCCN1C[C@H](O)CN1CCc2ccccc2C1. The van der Waals surface area contributed by atoms with E-state index in [1.165, 1.54) is 45.5 Å². The van der Waals surface area contributed by atoms with Crippen LogP contribution in [0, 0.1) is 0 Å². The maximum atomic E-state index is 13.2. The summed E-state index contributed by atoms with van der Waals surface area (Å²) in [7, 11) is 0. The first-order valence-corrected chi connectivity index (χ1v) is 31.1. The van der Waals surface area contributed by atoms with Gasteiger partial charge in [-0.25, -0.2) is 0 Å². The van der Waals surface area contributed by atoms with Crippen molar-refractivity contribution in [2.45, 2.75) is 63.8 Å². The largest absolute Gasteiger partial charge is 0.508 e. The second-order valence-electron chi connectivity index (χ2n) is 23.2. The van der Waals surface area contributed by atoms with Gasteiger partial charge in [0.05, 0.1) is 54.6 Å². The maximum Gasteiger partial charge on any atom is 0.257 e. The number of pyridine rings is 1. The van der Waals surface area contributed by atoms with E-state index in [2.05, 4.69) is 102 Å². The molecule has 0 radical (unpaired) electrons. The Balaban J connectivity index is 0.000000138. The highest BCUT2D eigenvalue weighted by atomic mass is 79.9. The Morgan fingerprint density at radius 3 is 1.32 bits per heavy atom. The number of aromatic hydroxyl groups is 1. The van der Waals surface area contributed by atoms with Gasteiger partial charge in [-0.1, -0.05) is 94.8 Å². The molecule has 88 heavy (non-hydrogen) atoms. The molecule has 18 nitrogen and oxygen atoms in total. The van der Waals surface area contributed by atoms with Gasteiger partial charge in [0, 0.05) is 113 Å². The zero-order valence-corrected chi connectivity index (χ0v) is 51.0. The quantitative estimate of drug-likeness (QED) is 0.0799. The number of halogens is 1. The van der Waals surface area contributed by atoms with Crippen LogP contribution in [0.25, 0.3) is 0 Å². The number of carbonyl (C=O) groups excluding carboxylic acids is 3. The molecular formula is C69H76BrN7O11. The number of benzene rings is 6. The summed E-state index contributed by atoms with van der Waals surface area (Å²) in [5.41, 5.74) is 10.5. The molecule has 0 bridgehead atoms. The van der Waals surface area contributed by atoms with E-state index in [-0.39, 0.29) is 36.6 Å². The van der Waals surface area contributed by atoms with Gasteiger partial charge in [-0.15, -0.1) is 0 Å². The first-order chi connectivity index (χ1) is 42.8. The van der Waals surface area contributed by atoms with Crippen molar-refractivity contribution in [1.82, 2.24) is 34.4 Å². The van der Waals surface area contributed by atoms with Crippen LogP contribution in [0.3, 0.4) is 0 Å². The molecule has 0 fully saturated rings. The summed E-state index contributed by atoms with van der Waals surface area (Å²) in [5.74, 6) is 1.81. The minimum absolute atomic E-state index is 0.0698. The van der Waals surface area contributed by atoms with Gasteiger partial charge in [0.15, 0.2) is 0 Å². The van der Waals surface area contributed by atoms with E-state index in [1.807, 2.05) is 30.3 Å². The topological polar surface area (TPSA) is 201 Å². The van der Waals surface area contributed by atoms with Gasteiger partial charge in [-0.2, -0.15) is 0 Å². The lowest BCUT2D eigenvalue weighted by molar-refractivity contribution is 0.0500. The molecule has 19 heteroatoms. The van der Waals surface area contributed by atoms with Gasteiger partial charge >= 0.3 is 0 Å². The molecule has 6 aliphatic rings. The number of hydrogen-bond acceptors (Lipinski definition) is 15. The molecule has 1 aromatic heterocycles. The summed E-state index contributed by atoms with van der Waals surface area (Å²) in [6, 6.07) is 44.3. The van der Waals surface area contributed by atoms with E-state index >= 15 is 0 Å². The zero-order valence-electron chi connectivity index (χ0n) is 49.4. The summed E-state index contributed by atoms with van der Waals surface area (Å²) in [5, 5.41) is 41.6. The predicted molar refractivity (Wildman–Crippen MR) is 336 cm³/mol. The molecule has 0 aliphatic carbocycles. The third-order valence-corrected chi connectivity index (χ3v) is 17.2. The molecule has 7 heterocycles. The number of fused-ring (bicyclic) bond motifs is 6. The number of ether oxygens (including phenoxy) is 4. The minimum Gasteiger partial charge on any atom is -0.508 e. The van der Waals surface area contributed by atoms with E-state index in [4.69, 9.17) is 18.9 Å². The fourth-order valence-electron chi connectivity index (χ4n) is 12.2. The lowest BCUT2D eigenvalue weighted by atomic mass is 10.00. The highest BCUT2D eigenvalue weighted by Crippen LogP contribution is 2.32. The molecule has 0 saturated heterocycles. The van der Waals surface area contributed by atoms with Gasteiger partial charge in [-0.05, 0) is 101 Å². The molecule has 6 aliphatic heterocycles. The summed E-state index contributed by atoms with van der Waals surface area (Å²) in [6.07, 6.45) is 4.61. The monoisotopic (exact) mass is 1260 g/mol. The Hall–Kier alpha value is -7.88. The van der Waals surface area contributed by atoms with Crippen molar-refractivity contribution < 1.29 is 53.8 Å². The number of aliphatic hydroxyl groups is 3. The Kier molecular flexibility index (Phi) is 20.6. The fraction of sp³-hybridized carbons (Fsp3) is 0.362. The van der Waals surface area contributed by atoms with Crippen molar-refractivity contribution in [2.75, 3.05) is 98.4 Å². The van der Waals surface area contributed by atoms with Crippen molar-refractivity contribution in [3.05, 3.63) is 212 Å². The first kappa shape index (κ1) is 61.8. The lowest BCUT2D eigenvalue weighted by Gasteiger charge is -2.32. The van der Waals surface area contributed by atoms with Crippen LogP contribution in [0.15, 0.2) is 156 Å². The number of amides is 3. The predicted octanol–water partition coefficient (Wildman–Crippen LogP) is 7.26. The van der Waals surface area contributed by atoms with E-state index in [0.29, 0.717) is 112 Å². The van der Waals surface area contributed by atoms with E-state index in [9.17, 15) is 34.8 Å². The number of rotatable bonds is 15. The van der Waals surface area contributed by atoms with Crippen molar-refractivity contribution in [2.24, 2.45) is 0 Å². The van der Waals surface area contributed by atoms with Gasteiger partial charge in [0.25, 0.3) is 17.7 Å². The maximum absolute atomic E-state index is 13.2. The minimum atomic E-state index is -0.627. The summed E-state index contributed by atoms with van der Waals surface area (Å²) >= 11 is 3.41. The average molecular weight is 1260 g/mol. The smallest absolute Gasteiger partial charge is 0.257 e. The second-order valence-corrected chi connectivity index (χ2v) is 24.1. The second kappa shape index (κ2) is 29.4. The van der Waals surface area contributed by atoms with Gasteiger partial charge in [0.1, 0.15) is 55.2 Å². The standard InChI is InChI=1S/C27H29N3O4.C21H23BrN2O3.C21H24N2O4/c31-23(17-29-11-9-21-5-1-2-6-22(21)16-29)18-30-12-13-33-26-14-24(7-8-25(26)27(30)32)34-19-20-4-3-10-28-15-20;22-17-5-6-19-20(11-17)27-10-9-24(21(19)26)14-18(25)13-23-8-7-15-3-1-2-4-16(15)12-23;24-17-5-6-19-20(11-17)27-10-9-23(21(19)26)14-18(25)13-22-8-7-15-3-1-2-4-16(15)12-22/h1-8,10,14-15,23,31H,9,11-13,16-19H2;1-6,11,18,25H,7-10,12-14H2;1-6,11,18,24-25H,7-10,12-14H2/t23-;2*18-/m111/s1. The normalized spacial score (nSPS) is 17.7. The summed E-state index contributed by atoms with van der Waals surface area (Å²) < 4.78 is 23.9. The molecule has 13 rings (SSSR count). The summed E-state index contributed by atoms with van der Waals surface area (Å²) in [6.45, 7) is 10.6. The van der Waals surface area contributed by atoms with Crippen LogP contribution < -0.4 is 18.9 Å². The summed E-state index contributed by atoms with van der Waals surface area (Å²) in [4.78, 5) is 54.7. The van der Waals surface area contributed by atoms with Crippen LogP contribution >= 0.6 is 15.9 Å². The van der Waals surface area contributed by atoms with E-state index in [1.54, 1.807) is 57.4 Å². The van der Waals surface area contributed by atoms with Crippen molar-refractivity contribution in [3.63, 3.8) is 0 Å². The average Bonchev–Trinajstić information content (AvgIpc) is 3.74. The molecule has 0 unspecified atom stereocenters. The van der Waals surface area contributed by atoms with Crippen LogP contribution in [0.4, 0.5) is 0 Å². The molecule has 0 saturated carbocycles. The molecule has 0 spiro atoms. The van der Waals surface area contributed by atoms with Crippen molar-refractivity contribution >= 4 is 33.7 Å². The number of aliphatic hydroxyl groups excluding tert-OH is 3. The van der Waals surface area contributed by atoms with Gasteiger partial charge < -0.3 is 54.1 Å². The molecule has 6 aromatic carbocycles. The molecule has 3 atom stereocenters. The fourth-order valence-corrected chi connectivity index (χ4v) is 12.6. The van der Waals surface area contributed by atoms with Gasteiger partial charge in [-0.3, -0.25) is 34.1 Å². The molecule has 460 valence electrons. The molecule has 4 N–H and O–H groups in total. The number of carbonyl (C=O) groups is 3. The highest BCUT2D eigenvalue weighted by Gasteiger charge is 2.31. The van der Waals surface area contributed by atoms with Crippen molar-refractivity contribution in [1.29, 1.82) is 0 Å². The van der Waals surface area contributed by atoms with Crippen LogP contribution in [0.2, 0.25) is 0 Å². The van der Waals surface area contributed by atoms with Crippen LogP contribution in [-0.2, 0) is 45.5 Å². The Labute approximate surface area is 522 Å². The molecule has 7 aromatic rings. The first-order valence-electron chi connectivity index (χ1n) is 30.3. The van der Waals surface area contributed by atoms with Crippen LogP contribution in [0.1, 0.15) is 70.0 Å². The number of phenolic OH excluding ortho intramolecular Hbond substituents is 1. The van der Waals surface area contributed by atoms with E-state index < -0.39 is 18.3 Å². The third-order valence-electron chi connectivity index (χ3n) is 16.7. The van der Waals surface area contributed by atoms with Gasteiger partial charge in [0.2, 0.25) is 0 Å². The Morgan fingerprint density at radius 1 is 0.466 bits per heavy atom. The van der Waals surface area contributed by atoms with Crippen LogP contribution in [0.5, 0.6) is 28.7 Å². The van der Waals surface area contributed by atoms with Crippen LogP contribution in [-0.4, -0.2) is 189 Å². The number of β-amino-alcohol motifs (C(OH)–C–C–N with tert-alkyl or cyclic N) is 3. The lowest BCUT2D eigenvalue weighted by Crippen LogP contribution is -2.44. The highest BCUT2D eigenvalue weighted by molar-refractivity contribution is 9.10. The zero-order chi connectivity index (χ0) is 60.9. The number of nitrogens with zero attached hydrogens (tertiary/aromatic N) is 7. The Morgan fingerprint density at radius 2 is 0.875 bits per heavy atom. The molecular weight excluding hydrogens is 1180 g/mol.